The van der Waals surface area contributed by atoms with E-state index in [0.717, 1.165) is 22.3 Å². The zero-order valence-electron chi connectivity index (χ0n) is 19.8. The zero-order valence-corrected chi connectivity index (χ0v) is 20.7. The third-order valence-electron chi connectivity index (χ3n) is 6.56. The molecule has 1 fully saturated rings. The van der Waals surface area contributed by atoms with Gasteiger partial charge in [0.15, 0.2) is 0 Å². The van der Waals surface area contributed by atoms with Gasteiger partial charge in [0.1, 0.15) is 12.1 Å². The van der Waals surface area contributed by atoms with Crippen LogP contribution in [0.25, 0.3) is 0 Å². The first-order chi connectivity index (χ1) is 17.7. The van der Waals surface area contributed by atoms with E-state index >= 15 is 0 Å². The van der Waals surface area contributed by atoms with Crippen LogP contribution in [0.1, 0.15) is 22.3 Å². The maximum atomic E-state index is 13.1. The summed E-state index contributed by atoms with van der Waals surface area (Å²) in [5.74, 6) is 0.133. The lowest BCUT2D eigenvalue weighted by atomic mass is 9.84. The summed E-state index contributed by atoms with van der Waals surface area (Å²) in [6.45, 7) is 0. The second-order valence-corrected chi connectivity index (χ2v) is 10.1. The Labute approximate surface area is 216 Å². The quantitative estimate of drug-likeness (QED) is 0.343. The lowest BCUT2D eigenvalue weighted by Gasteiger charge is -2.37. The van der Waals surface area contributed by atoms with E-state index in [1.165, 1.54) is 0 Å². The van der Waals surface area contributed by atoms with E-state index in [1.807, 2.05) is 84.9 Å². The molecule has 0 bridgehead atoms. The minimum Gasteiger partial charge on any atom is -0.342 e. The molecule has 0 saturated carbocycles. The molecule has 1 aliphatic heterocycles. The maximum absolute atomic E-state index is 13.1. The van der Waals surface area contributed by atoms with Gasteiger partial charge in [-0.2, -0.15) is 0 Å². The number of carbonyl (C=O) groups is 2. The van der Waals surface area contributed by atoms with Gasteiger partial charge in [0.25, 0.3) is 0 Å². The van der Waals surface area contributed by atoms with Crippen LogP contribution in [0.4, 0.5) is 0 Å². The van der Waals surface area contributed by atoms with Crippen molar-refractivity contribution in [2.45, 2.75) is 23.3 Å². The smallest absolute Gasteiger partial charge is 0.244 e. The van der Waals surface area contributed by atoms with Gasteiger partial charge >= 0.3 is 0 Å². The van der Waals surface area contributed by atoms with E-state index in [2.05, 4.69) is 47.0 Å². The highest BCUT2D eigenvalue weighted by molar-refractivity contribution is 8.00. The van der Waals surface area contributed by atoms with Crippen molar-refractivity contribution >= 4 is 23.6 Å². The van der Waals surface area contributed by atoms with Crippen LogP contribution in [0.15, 0.2) is 121 Å². The highest BCUT2D eigenvalue weighted by atomic mass is 32.2. The Morgan fingerprint density at radius 3 is 1.42 bits per heavy atom. The molecule has 5 heteroatoms. The van der Waals surface area contributed by atoms with Gasteiger partial charge in [-0.05, 0) is 22.3 Å². The Kier molecular flexibility index (Phi) is 7.19. The van der Waals surface area contributed by atoms with E-state index in [0.29, 0.717) is 12.2 Å². The van der Waals surface area contributed by atoms with Gasteiger partial charge in [0.05, 0.1) is 4.75 Å². The average molecular weight is 493 g/mol. The summed E-state index contributed by atoms with van der Waals surface area (Å²) in [4.78, 5) is 26.1. The molecule has 1 heterocycles. The fourth-order valence-corrected chi connectivity index (χ4v) is 6.32. The van der Waals surface area contributed by atoms with Crippen molar-refractivity contribution in [3.63, 3.8) is 0 Å². The monoisotopic (exact) mass is 492 g/mol. The number of carbonyl (C=O) groups excluding carboxylic acids is 2. The summed E-state index contributed by atoms with van der Waals surface area (Å²) < 4.78 is -0.546. The molecule has 1 aliphatic rings. The van der Waals surface area contributed by atoms with E-state index in [1.54, 1.807) is 11.8 Å². The molecule has 0 aromatic heterocycles. The number of piperazine rings is 1. The lowest BCUT2D eigenvalue weighted by Crippen LogP contribution is -2.63. The average Bonchev–Trinajstić information content (AvgIpc) is 2.94. The second kappa shape index (κ2) is 10.8. The van der Waals surface area contributed by atoms with Crippen molar-refractivity contribution in [3.8, 4) is 0 Å². The van der Waals surface area contributed by atoms with Crippen LogP contribution >= 0.6 is 11.8 Å². The Morgan fingerprint density at radius 1 is 0.556 bits per heavy atom. The summed E-state index contributed by atoms with van der Waals surface area (Å²) in [5, 5.41) is 5.95. The fraction of sp³-hybridized carbons (Fsp3) is 0.161. The third kappa shape index (κ3) is 4.93. The van der Waals surface area contributed by atoms with Crippen molar-refractivity contribution in [2.24, 2.45) is 0 Å². The van der Waals surface area contributed by atoms with Crippen LogP contribution in [0.5, 0.6) is 0 Å². The first-order valence-electron chi connectivity index (χ1n) is 12.1. The normalized spacial score (nSPS) is 17.8. The van der Waals surface area contributed by atoms with Crippen LogP contribution in [0.2, 0.25) is 0 Å². The summed E-state index contributed by atoms with van der Waals surface area (Å²) in [6.07, 6.45) is 0.472. The number of rotatable bonds is 8. The summed E-state index contributed by atoms with van der Waals surface area (Å²) in [5.41, 5.74) is 4.38. The van der Waals surface area contributed by atoms with E-state index in [4.69, 9.17) is 0 Å². The summed E-state index contributed by atoms with van der Waals surface area (Å²) in [7, 11) is 0. The molecule has 0 radical (unpaired) electrons. The van der Waals surface area contributed by atoms with Crippen molar-refractivity contribution in [2.75, 3.05) is 5.75 Å². The van der Waals surface area contributed by atoms with Crippen LogP contribution in [0, 0.1) is 0 Å². The van der Waals surface area contributed by atoms with Gasteiger partial charge in [-0.15, -0.1) is 11.8 Å². The predicted molar refractivity (Wildman–Crippen MR) is 146 cm³/mol. The minimum absolute atomic E-state index is 0.145. The highest BCUT2D eigenvalue weighted by Crippen LogP contribution is 2.48. The zero-order chi connectivity index (χ0) is 24.8. The van der Waals surface area contributed by atoms with Gasteiger partial charge in [-0.3, -0.25) is 9.59 Å². The number of hydrogen-bond acceptors (Lipinski definition) is 3. The molecule has 2 N–H and O–H groups in total. The first-order valence-corrected chi connectivity index (χ1v) is 13.1. The molecule has 2 amide bonds. The second-order valence-electron chi connectivity index (χ2n) is 8.90. The molecule has 36 heavy (non-hydrogen) atoms. The maximum Gasteiger partial charge on any atom is 0.244 e. The first kappa shape index (κ1) is 23.9. The lowest BCUT2D eigenvalue weighted by molar-refractivity contribution is -0.136. The van der Waals surface area contributed by atoms with Crippen LogP contribution in [0.3, 0.4) is 0 Å². The van der Waals surface area contributed by atoms with Crippen LogP contribution in [-0.4, -0.2) is 29.7 Å². The number of hydrogen-bond donors (Lipinski definition) is 2. The molecule has 180 valence electrons. The van der Waals surface area contributed by atoms with Crippen LogP contribution < -0.4 is 10.6 Å². The topological polar surface area (TPSA) is 58.2 Å². The molecule has 4 aromatic rings. The van der Waals surface area contributed by atoms with Gasteiger partial charge in [-0.1, -0.05) is 121 Å². The molecule has 0 spiro atoms. The van der Waals surface area contributed by atoms with E-state index in [9.17, 15) is 9.59 Å². The molecule has 4 nitrogen and oxygen atoms in total. The SMILES string of the molecule is O=C1N[C@H](Cc2ccccc2)C(=O)NC1CSC(c1ccccc1)(c1ccccc1)c1ccccc1. The number of nitrogens with one attached hydrogen (secondary N) is 2. The standard InChI is InChI=1S/C31H28N2O2S/c34-29-27(21-23-13-5-1-6-14-23)32-30(35)28(33-29)22-36-31(24-15-7-2-8-16-24,25-17-9-3-10-18-25)26-19-11-4-12-20-26/h1-20,27-28H,21-22H2,(H,32,35)(H,33,34)/t27-,28?/m1/s1. The van der Waals surface area contributed by atoms with Crippen molar-refractivity contribution in [3.05, 3.63) is 144 Å². The molecule has 1 unspecified atom stereocenters. The minimum atomic E-state index is -0.620. The van der Waals surface area contributed by atoms with Crippen molar-refractivity contribution in [1.82, 2.24) is 10.6 Å². The Bertz CT molecular complexity index is 1200. The number of thioether (sulfide) groups is 1. The summed E-state index contributed by atoms with van der Waals surface area (Å²) in [6, 6.07) is 39.6. The van der Waals surface area contributed by atoms with E-state index in [-0.39, 0.29) is 11.8 Å². The predicted octanol–water partition coefficient (Wildman–Crippen LogP) is 4.94. The highest BCUT2D eigenvalue weighted by Gasteiger charge is 2.40. The molecular weight excluding hydrogens is 464 g/mol. The fourth-order valence-electron chi connectivity index (χ4n) is 4.76. The molecule has 4 aromatic carbocycles. The number of benzene rings is 4. The molecule has 0 aliphatic carbocycles. The summed E-state index contributed by atoms with van der Waals surface area (Å²) >= 11 is 1.67. The van der Waals surface area contributed by atoms with Gasteiger partial charge in [-0.25, -0.2) is 0 Å². The third-order valence-corrected chi connectivity index (χ3v) is 8.20. The van der Waals surface area contributed by atoms with Gasteiger partial charge in [0.2, 0.25) is 11.8 Å². The van der Waals surface area contributed by atoms with Gasteiger partial charge in [0, 0.05) is 12.2 Å². The van der Waals surface area contributed by atoms with Crippen molar-refractivity contribution < 1.29 is 9.59 Å². The van der Waals surface area contributed by atoms with Crippen molar-refractivity contribution in [1.29, 1.82) is 0 Å². The molecule has 1 saturated heterocycles. The Hall–Kier alpha value is -3.83. The van der Waals surface area contributed by atoms with Gasteiger partial charge < -0.3 is 10.6 Å². The number of amides is 2. The van der Waals surface area contributed by atoms with E-state index < -0.39 is 16.8 Å². The molecule has 2 atom stereocenters. The Balaban J connectivity index is 1.43. The largest absolute Gasteiger partial charge is 0.342 e. The van der Waals surface area contributed by atoms with Crippen LogP contribution in [-0.2, 0) is 20.8 Å². The molecular formula is C31H28N2O2S. The molecule has 5 rings (SSSR count). The Morgan fingerprint density at radius 2 is 0.944 bits per heavy atom.